The number of carbonyl (C=O) groups is 1. The van der Waals surface area contributed by atoms with Gasteiger partial charge >= 0.3 is 0 Å². The average Bonchev–Trinajstić information content (AvgIpc) is 2.62. The van der Waals surface area contributed by atoms with Gasteiger partial charge in [-0.05, 0) is 50.1 Å². The summed E-state index contributed by atoms with van der Waals surface area (Å²) in [6.07, 6.45) is 0.848. The van der Waals surface area contributed by atoms with Gasteiger partial charge in [0.05, 0.1) is 0 Å². The highest BCUT2D eigenvalue weighted by Crippen LogP contribution is 2.22. The molecule has 25 heavy (non-hydrogen) atoms. The van der Waals surface area contributed by atoms with Gasteiger partial charge in [-0.3, -0.25) is 4.79 Å². The van der Waals surface area contributed by atoms with Crippen molar-refractivity contribution in [1.29, 1.82) is 0 Å². The SMILES string of the molecule is CCOCCCN[C@@H](C(=O)Nc1ccc(C)c(Cl)c1)c1ccccc1. The first-order chi connectivity index (χ1) is 12.1. The minimum atomic E-state index is -0.428. The number of halogens is 1. The zero-order chi connectivity index (χ0) is 18.1. The van der Waals surface area contributed by atoms with Gasteiger partial charge in [0.15, 0.2) is 0 Å². The lowest BCUT2D eigenvalue weighted by molar-refractivity contribution is -0.118. The summed E-state index contributed by atoms with van der Waals surface area (Å²) in [7, 11) is 0. The van der Waals surface area contributed by atoms with Gasteiger partial charge in [0.25, 0.3) is 0 Å². The predicted octanol–water partition coefficient (Wildman–Crippen LogP) is 4.34. The van der Waals surface area contributed by atoms with Crippen molar-refractivity contribution in [3.63, 3.8) is 0 Å². The maximum atomic E-state index is 12.8. The van der Waals surface area contributed by atoms with Crippen LogP contribution >= 0.6 is 11.6 Å². The highest BCUT2D eigenvalue weighted by Gasteiger charge is 2.20. The van der Waals surface area contributed by atoms with E-state index in [1.54, 1.807) is 6.07 Å². The number of carbonyl (C=O) groups excluding carboxylic acids is 1. The number of anilines is 1. The summed E-state index contributed by atoms with van der Waals surface area (Å²) in [6, 6.07) is 14.8. The van der Waals surface area contributed by atoms with E-state index in [2.05, 4.69) is 10.6 Å². The fourth-order valence-corrected chi connectivity index (χ4v) is 2.64. The minimum absolute atomic E-state index is 0.109. The van der Waals surface area contributed by atoms with Gasteiger partial charge in [0.1, 0.15) is 6.04 Å². The van der Waals surface area contributed by atoms with Crippen LogP contribution in [0.4, 0.5) is 5.69 Å². The summed E-state index contributed by atoms with van der Waals surface area (Å²) in [5.41, 5.74) is 2.60. The molecule has 0 heterocycles. The van der Waals surface area contributed by atoms with Crippen LogP contribution in [0, 0.1) is 6.92 Å². The number of amides is 1. The lowest BCUT2D eigenvalue weighted by atomic mass is 10.1. The Bertz CT molecular complexity index is 677. The maximum Gasteiger partial charge on any atom is 0.246 e. The molecule has 0 fully saturated rings. The molecule has 0 radical (unpaired) electrons. The molecule has 2 aromatic rings. The fourth-order valence-electron chi connectivity index (χ4n) is 2.46. The third kappa shape index (κ3) is 6.16. The third-order valence-corrected chi connectivity index (χ3v) is 4.26. The molecule has 0 saturated carbocycles. The largest absolute Gasteiger partial charge is 0.382 e. The summed E-state index contributed by atoms with van der Waals surface area (Å²) >= 11 is 6.15. The number of nitrogens with one attached hydrogen (secondary N) is 2. The van der Waals surface area contributed by atoms with E-state index in [0.717, 1.165) is 17.5 Å². The molecular weight excluding hydrogens is 336 g/mol. The van der Waals surface area contributed by atoms with E-state index in [1.165, 1.54) is 0 Å². The van der Waals surface area contributed by atoms with Crippen molar-refractivity contribution < 1.29 is 9.53 Å². The van der Waals surface area contributed by atoms with Crippen LogP contribution in [0.1, 0.15) is 30.5 Å². The fraction of sp³-hybridized carbons (Fsp3) is 0.350. The first-order valence-corrected chi connectivity index (χ1v) is 8.92. The van der Waals surface area contributed by atoms with Crippen molar-refractivity contribution in [2.24, 2.45) is 0 Å². The van der Waals surface area contributed by atoms with E-state index in [0.29, 0.717) is 30.5 Å². The van der Waals surface area contributed by atoms with Crippen LogP contribution in [0.2, 0.25) is 5.02 Å². The number of hydrogen-bond donors (Lipinski definition) is 2. The van der Waals surface area contributed by atoms with Crippen LogP contribution in [0.25, 0.3) is 0 Å². The highest BCUT2D eigenvalue weighted by atomic mass is 35.5. The summed E-state index contributed by atoms with van der Waals surface area (Å²) in [5, 5.41) is 6.90. The molecule has 0 saturated heterocycles. The predicted molar refractivity (Wildman–Crippen MR) is 103 cm³/mol. The molecule has 0 aromatic heterocycles. The van der Waals surface area contributed by atoms with Gasteiger partial charge < -0.3 is 15.4 Å². The normalized spacial score (nSPS) is 12.0. The molecule has 2 aromatic carbocycles. The van der Waals surface area contributed by atoms with Gasteiger partial charge in [-0.1, -0.05) is 48.0 Å². The van der Waals surface area contributed by atoms with E-state index >= 15 is 0 Å². The standard InChI is InChI=1S/C20H25ClN2O2/c1-3-25-13-7-12-22-19(16-8-5-4-6-9-16)20(24)23-17-11-10-15(2)18(21)14-17/h4-6,8-11,14,19,22H,3,7,12-13H2,1-2H3,(H,23,24)/t19-/m1/s1. The van der Waals surface area contributed by atoms with Gasteiger partial charge in [-0.25, -0.2) is 0 Å². The van der Waals surface area contributed by atoms with Crippen molar-refractivity contribution >= 4 is 23.2 Å². The van der Waals surface area contributed by atoms with E-state index < -0.39 is 6.04 Å². The van der Waals surface area contributed by atoms with Gasteiger partial charge in [-0.2, -0.15) is 0 Å². The van der Waals surface area contributed by atoms with Crippen LogP contribution in [0.15, 0.2) is 48.5 Å². The second-order valence-electron chi connectivity index (χ2n) is 5.80. The molecule has 0 bridgehead atoms. The number of ether oxygens (including phenoxy) is 1. The number of aryl methyl sites for hydroxylation is 1. The van der Waals surface area contributed by atoms with Crippen molar-refractivity contribution in [2.45, 2.75) is 26.3 Å². The molecule has 1 atom stereocenters. The summed E-state index contributed by atoms with van der Waals surface area (Å²) in [4.78, 5) is 12.8. The Labute approximate surface area is 154 Å². The third-order valence-electron chi connectivity index (χ3n) is 3.85. The Kier molecular flexibility index (Phi) is 7.92. The van der Waals surface area contributed by atoms with Crippen molar-refractivity contribution in [3.05, 3.63) is 64.7 Å². The van der Waals surface area contributed by atoms with E-state index in [4.69, 9.17) is 16.3 Å². The van der Waals surface area contributed by atoms with E-state index in [1.807, 2.05) is 56.3 Å². The van der Waals surface area contributed by atoms with Crippen molar-refractivity contribution in [1.82, 2.24) is 5.32 Å². The van der Waals surface area contributed by atoms with Gasteiger partial charge in [0, 0.05) is 23.9 Å². The van der Waals surface area contributed by atoms with Crippen LogP contribution in [0.5, 0.6) is 0 Å². The molecule has 0 aliphatic rings. The maximum absolute atomic E-state index is 12.8. The molecule has 2 rings (SSSR count). The quantitative estimate of drug-likeness (QED) is 0.654. The van der Waals surface area contributed by atoms with Crippen LogP contribution in [-0.4, -0.2) is 25.7 Å². The minimum Gasteiger partial charge on any atom is -0.382 e. The monoisotopic (exact) mass is 360 g/mol. The van der Waals surface area contributed by atoms with Crippen LogP contribution in [0.3, 0.4) is 0 Å². The van der Waals surface area contributed by atoms with Crippen molar-refractivity contribution in [3.8, 4) is 0 Å². The molecule has 0 spiro atoms. The molecule has 0 unspecified atom stereocenters. The van der Waals surface area contributed by atoms with Crippen LogP contribution < -0.4 is 10.6 Å². The first-order valence-electron chi connectivity index (χ1n) is 8.55. The van der Waals surface area contributed by atoms with E-state index in [9.17, 15) is 4.79 Å². The highest BCUT2D eigenvalue weighted by molar-refractivity contribution is 6.31. The first kappa shape index (κ1) is 19.4. The molecule has 1 amide bonds. The summed E-state index contributed by atoms with van der Waals surface area (Å²) < 4.78 is 5.35. The van der Waals surface area contributed by atoms with E-state index in [-0.39, 0.29) is 5.91 Å². The molecule has 4 nitrogen and oxygen atoms in total. The molecule has 0 aliphatic carbocycles. The van der Waals surface area contributed by atoms with Gasteiger partial charge in [-0.15, -0.1) is 0 Å². The Morgan fingerprint density at radius 1 is 1.20 bits per heavy atom. The number of rotatable bonds is 9. The lowest BCUT2D eigenvalue weighted by Gasteiger charge is -2.19. The smallest absolute Gasteiger partial charge is 0.246 e. The Balaban J connectivity index is 2.05. The lowest BCUT2D eigenvalue weighted by Crippen LogP contribution is -2.34. The number of hydrogen-bond acceptors (Lipinski definition) is 3. The molecular formula is C20H25ClN2O2. The molecule has 0 aliphatic heterocycles. The Morgan fingerprint density at radius 3 is 2.64 bits per heavy atom. The molecule has 2 N–H and O–H groups in total. The molecule has 5 heteroatoms. The van der Waals surface area contributed by atoms with Gasteiger partial charge in [0.2, 0.25) is 5.91 Å². The zero-order valence-corrected chi connectivity index (χ0v) is 15.5. The summed E-state index contributed by atoms with van der Waals surface area (Å²) in [5.74, 6) is -0.109. The van der Waals surface area contributed by atoms with Crippen molar-refractivity contribution in [2.75, 3.05) is 25.1 Å². The second-order valence-corrected chi connectivity index (χ2v) is 6.21. The average molecular weight is 361 g/mol. The zero-order valence-electron chi connectivity index (χ0n) is 14.7. The Hall–Kier alpha value is -1.88. The summed E-state index contributed by atoms with van der Waals surface area (Å²) in [6.45, 7) is 5.99. The number of benzene rings is 2. The second kappa shape index (κ2) is 10.2. The topological polar surface area (TPSA) is 50.4 Å². The van der Waals surface area contributed by atoms with Crippen LogP contribution in [-0.2, 0) is 9.53 Å². The Morgan fingerprint density at radius 2 is 1.96 bits per heavy atom. The molecule has 134 valence electrons.